The molecular weight excluding hydrogens is 200 g/mol. The van der Waals surface area contributed by atoms with Crippen LogP contribution >= 0.6 is 0 Å². The van der Waals surface area contributed by atoms with Crippen molar-refractivity contribution in [3.63, 3.8) is 0 Å². The number of hydrogen-bond donors (Lipinski definition) is 1. The van der Waals surface area contributed by atoms with Crippen molar-refractivity contribution in [3.8, 4) is 5.75 Å². The van der Waals surface area contributed by atoms with Crippen LogP contribution in [-0.4, -0.2) is 37.7 Å². The summed E-state index contributed by atoms with van der Waals surface area (Å²) in [5.41, 5.74) is 1.28. The molecule has 0 unspecified atom stereocenters. The van der Waals surface area contributed by atoms with Gasteiger partial charge in [-0.2, -0.15) is 0 Å². The van der Waals surface area contributed by atoms with E-state index >= 15 is 0 Å². The predicted octanol–water partition coefficient (Wildman–Crippen LogP) is 1.49. The lowest BCUT2D eigenvalue weighted by molar-refractivity contribution is 0.164. The van der Waals surface area contributed by atoms with E-state index < -0.39 is 0 Å². The maximum absolute atomic E-state index is 5.38. The number of nitrogens with zero attached hydrogens (tertiary/aromatic N) is 1. The monoisotopic (exact) mass is 220 g/mol. The third-order valence-corrected chi connectivity index (χ3v) is 3.20. The number of hydrogen-bond acceptors (Lipinski definition) is 3. The molecule has 1 N–H and O–H groups in total. The summed E-state index contributed by atoms with van der Waals surface area (Å²) in [7, 11) is 1.74. The maximum atomic E-state index is 5.38. The van der Waals surface area contributed by atoms with E-state index in [9.17, 15) is 0 Å². The summed E-state index contributed by atoms with van der Waals surface area (Å²) < 4.78 is 5.38. The smallest absolute Gasteiger partial charge is 0.123 e. The van der Waals surface area contributed by atoms with Crippen LogP contribution in [0.3, 0.4) is 0 Å². The molecule has 1 fully saturated rings. The van der Waals surface area contributed by atoms with E-state index in [0.29, 0.717) is 6.04 Å². The molecular formula is C13H20N2O. The van der Waals surface area contributed by atoms with Crippen LogP contribution in [0.5, 0.6) is 5.75 Å². The minimum absolute atomic E-state index is 0.596. The molecule has 0 bridgehead atoms. The molecule has 0 spiro atoms. The van der Waals surface area contributed by atoms with E-state index in [1.54, 1.807) is 7.11 Å². The lowest BCUT2D eigenvalue weighted by atomic mass is 10.1. The van der Waals surface area contributed by atoms with Crippen LogP contribution in [0.1, 0.15) is 12.5 Å². The Labute approximate surface area is 97.4 Å². The van der Waals surface area contributed by atoms with Gasteiger partial charge >= 0.3 is 0 Å². The molecule has 0 amide bonds. The third kappa shape index (κ3) is 2.54. The maximum Gasteiger partial charge on any atom is 0.123 e. The highest BCUT2D eigenvalue weighted by Gasteiger charge is 2.18. The van der Waals surface area contributed by atoms with Gasteiger partial charge in [0.1, 0.15) is 5.75 Å². The Morgan fingerprint density at radius 2 is 2.25 bits per heavy atom. The van der Waals surface area contributed by atoms with E-state index in [0.717, 1.165) is 31.9 Å². The molecule has 0 aromatic heterocycles. The molecule has 1 heterocycles. The lowest BCUT2D eigenvalue weighted by Crippen LogP contribution is -2.49. The van der Waals surface area contributed by atoms with E-state index in [4.69, 9.17) is 4.74 Å². The predicted molar refractivity (Wildman–Crippen MR) is 65.7 cm³/mol. The Bertz CT molecular complexity index is 340. The number of nitrogens with one attached hydrogen (secondary N) is 1. The number of ether oxygens (including phenoxy) is 1. The topological polar surface area (TPSA) is 24.5 Å². The van der Waals surface area contributed by atoms with Gasteiger partial charge in [0.15, 0.2) is 0 Å². The molecule has 0 saturated carbocycles. The summed E-state index contributed by atoms with van der Waals surface area (Å²) in [6.45, 7) is 6.52. The van der Waals surface area contributed by atoms with Gasteiger partial charge < -0.3 is 10.1 Å². The van der Waals surface area contributed by atoms with E-state index in [2.05, 4.69) is 29.3 Å². The summed E-state index contributed by atoms with van der Waals surface area (Å²) in [5, 5.41) is 3.41. The lowest BCUT2D eigenvalue weighted by Gasteiger charge is -2.34. The van der Waals surface area contributed by atoms with Crippen molar-refractivity contribution in [2.75, 3.05) is 26.7 Å². The van der Waals surface area contributed by atoms with Crippen LogP contribution in [0.2, 0.25) is 0 Å². The van der Waals surface area contributed by atoms with Crippen molar-refractivity contribution in [3.05, 3.63) is 29.8 Å². The Morgan fingerprint density at radius 3 is 3.00 bits per heavy atom. The van der Waals surface area contributed by atoms with Crippen LogP contribution in [0, 0.1) is 0 Å². The van der Waals surface area contributed by atoms with Gasteiger partial charge in [-0.1, -0.05) is 18.2 Å². The number of rotatable bonds is 3. The largest absolute Gasteiger partial charge is 0.496 e. The molecule has 1 aliphatic heterocycles. The van der Waals surface area contributed by atoms with Gasteiger partial charge in [0.05, 0.1) is 7.11 Å². The average Bonchev–Trinajstić information content (AvgIpc) is 2.33. The number of benzene rings is 1. The van der Waals surface area contributed by atoms with Gasteiger partial charge in [-0.05, 0) is 13.0 Å². The summed E-state index contributed by atoms with van der Waals surface area (Å²) in [4.78, 5) is 2.49. The first-order valence-corrected chi connectivity index (χ1v) is 5.88. The first-order chi connectivity index (χ1) is 7.81. The Morgan fingerprint density at radius 1 is 1.44 bits per heavy atom. The van der Waals surface area contributed by atoms with Gasteiger partial charge in [0.2, 0.25) is 0 Å². The second-order valence-electron chi connectivity index (χ2n) is 4.34. The van der Waals surface area contributed by atoms with Crippen LogP contribution in [0.25, 0.3) is 0 Å². The molecule has 3 nitrogen and oxygen atoms in total. The molecule has 1 aromatic carbocycles. The minimum atomic E-state index is 0.596. The summed E-state index contributed by atoms with van der Waals surface area (Å²) >= 11 is 0. The Kier molecular flexibility index (Phi) is 3.80. The first kappa shape index (κ1) is 11.4. The van der Waals surface area contributed by atoms with Crippen LogP contribution in [-0.2, 0) is 6.54 Å². The molecule has 0 aliphatic carbocycles. The molecule has 88 valence electrons. The first-order valence-electron chi connectivity index (χ1n) is 5.88. The van der Waals surface area contributed by atoms with Crippen LogP contribution in [0.15, 0.2) is 24.3 Å². The zero-order valence-electron chi connectivity index (χ0n) is 10.1. The molecule has 1 aromatic rings. The summed E-state index contributed by atoms with van der Waals surface area (Å²) in [6.07, 6.45) is 0. The highest BCUT2D eigenvalue weighted by molar-refractivity contribution is 5.33. The fraction of sp³-hybridized carbons (Fsp3) is 0.538. The second-order valence-corrected chi connectivity index (χ2v) is 4.34. The number of para-hydroxylation sites is 1. The Hall–Kier alpha value is -1.06. The Balaban J connectivity index is 2.07. The van der Waals surface area contributed by atoms with Crippen LogP contribution < -0.4 is 10.1 Å². The zero-order chi connectivity index (χ0) is 11.4. The van der Waals surface area contributed by atoms with Gasteiger partial charge in [-0.25, -0.2) is 0 Å². The number of methoxy groups -OCH3 is 1. The van der Waals surface area contributed by atoms with E-state index in [-0.39, 0.29) is 0 Å². The normalized spacial score (nSPS) is 22.0. The molecule has 2 rings (SSSR count). The molecule has 1 saturated heterocycles. The summed E-state index contributed by atoms with van der Waals surface area (Å²) in [5.74, 6) is 0.994. The molecule has 0 radical (unpaired) electrons. The molecule has 3 heteroatoms. The van der Waals surface area contributed by atoms with Crippen molar-refractivity contribution >= 4 is 0 Å². The quantitative estimate of drug-likeness (QED) is 0.835. The highest BCUT2D eigenvalue weighted by Crippen LogP contribution is 2.20. The van der Waals surface area contributed by atoms with Gasteiger partial charge in [0, 0.05) is 37.8 Å². The molecule has 1 aliphatic rings. The zero-order valence-corrected chi connectivity index (χ0v) is 10.1. The van der Waals surface area contributed by atoms with Crippen molar-refractivity contribution in [2.45, 2.75) is 19.5 Å². The van der Waals surface area contributed by atoms with Gasteiger partial charge in [-0.15, -0.1) is 0 Å². The highest BCUT2D eigenvalue weighted by atomic mass is 16.5. The fourth-order valence-electron chi connectivity index (χ4n) is 2.17. The van der Waals surface area contributed by atoms with Gasteiger partial charge in [0.25, 0.3) is 0 Å². The van der Waals surface area contributed by atoms with Crippen molar-refractivity contribution in [1.82, 2.24) is 10.2 Å². The fourth-order valence-corrected chi connectivity index (χ4v) is 2.17. The third-order valence-electron chi connectivity index (χ3n) is 3.20. The van der Waals surface area contributed by atoms with Crippen molar-refractivity contribution in [1.29, 1.82) is 0 Å². The average molecular weight is 220 g/mol. The van der Waals surface area contributed by atoms with Crippen molar-refractivity contribution < 1.29 is 4.74 Å². The number of piperazine rings is 1. The van der Waals surface area contributed by atoms with Gasteiger partial charge in [-0.3, -0.25) is 4.90 Å². The standard InChI is InChI=1S/C13H20N2O/c1-11-9-14-7-8-15(11)10-12-5-3-4-6-13(12)16-2/h3-6,11,14H,7-10H2,1-2H3/t11-/m1/s1. The SMILES string of the molecule is COc1ccccc1CN1CCNC[C@H]1C. The second kappa shape index (κ2) is 5.32. The van der Waals surface area contributed by atoms with Crippen molar-refractivity contribution in [2.24, 2.45) is 0 Å². The minimum Gasteiger partial charge on any atom is -0.496 e. The van der Waals surface area contributed by atoms with Crippen LogP contribution in [0.4, 0.5) is 0 Å². The molecule has 1 atom stereocenters. The van der Waals surface area contributed by atoms with E-state index in [1.165, 1.54) is 5.56 Å². The summed E-state index contributed by atoms with van der Waals surface area (Å²) in [6, 6.07) is 8.86. The molecule has 16 heavy (non-hydrogen) atoms. The van der Waals surface area contributed by atoms with E-state index in [1.807, 2.05) is 12.1 Å².